The highest BCUT2D eigenvalue weighted by atomic mass is 19.1. The van der Waals surface area contributed by atoms with Crippen molar-refractivity contribution in [2.45, 2.75) is 63.1 Å². The number of anilines is 1. The molecule has 0 aromatic heterocycles. The number of nitrogens with one attached hydrogen (secondary N) is 2. The first kappa shape index (κ1) is 24.3. The zero-order chi connectivity index (χ0) is 24.5. The summed E-state index contributed by atoms with van der Waals surface area (Å²) in [4.78, 5) is 15.1. The SMILES string of the molecule is COc1ccc([C@@]23CC[C@@H](NC(=O)Nc4ccc(F)cc4F)C[C@@H]2N(C(C)C)CC3)cc1OC. The molecule has 8 heteroatoms. The average molecular weight is 474 g/mol. The van der Waals surface area contributed by atoms with E-state index >= 15 is 0 Å². The van der Waals surface area contributed by atoms with Crippen LogP contribution < -0.4 is 20.1 Å². The molecular formula is C26H33F2N3O3. The quantitative estimate of drug-likeness (QED) is 0.615. The van der Waals surface area contributed by atoms with Crippen molar-refractivity contribution in [2.24, 2.45) is 0 Å². The Labute approximate surface area is 199 Å². The molecule has 0 spiro atoms. The summed E-state index contributed by atoms with van der Waals surface area (Å²) in [5, 5.41) is 5.52. The number of hydrogen-bond donors (Lipinski definition) is 2. The third kappa shape index (κ3) is 4.56. The maximum atomic E-state index is 14.0. The minimum atomic E-state index is -0.798. The van der Waals surface area contributed by atoms with Crippen molar-refractivity contribution in [3.05, 3.63) is 53.6 Å². The first-order valence-electron chi connectivity index (χ1n) is 11.8. The second-order valence-corrected chi connectivity index (χ2v) is 9.52. The van der Waals surface area contributed by atoms with Gasteiger partial charge in [0.05, 0.1) is 19.9 Å². The summed E-state index contributed by atoms with van der Waals surface area (Å²) in [6.07, 6.45) is 3.53. The van der Waals surface area contributed by atoms with Crippen LogP contribution in [0.15, 0.2) is 36.4 Å². The highest BCUT2D eigenvalue weighted by Crippen LogP contribution is 2.50. The van der Waals surface area contributed by atoms with Crippen molar-refractivity contribution in [3.8, 4) is 11.5 Å². The molecule has 1 heterocycles. The number of rotatable bonds is 6. The first-order valence-corrected chi connectivity index (χ1v) is 11.8. The van der Waals surface area contributed by atoms with Crippen LogP contribution >= 0.6 is 0 Å². The largest absolute Gasteiger partial charge is 0.493 e. The summed E-state index contributed by atoms with van der Waals surface area (Å²) in [6.45, 7) is 5.38. The molecule has 1 aliphatic heterocycles. The number of nitrogens with zero attached hydrogens (tertiary/aromatic N) is 1. The molecule has 34 heavy (non-hydrogen) atoms. The third-order valence-electron chi connectivity index (χ3n) is 7.44. The van der Waals surface area contributed by atoms with E-state index in [9.17, 15) is 13.6 Å². The fraction of sp³-hybridized carbons (Fsp3) is 0.500. The molecule has 2 fully saturated rings. The molecule has 2 aliphatic rings. The molecule has 0 radical (unpaired) electrons. The van der Waals surface area contributed by atoms with Gasteiger partial charge in [-0.3, -0.25) is 4.90 Å². The highest BCUT2D eigenvalue weighted by Gasteiger charge is 2.52. The van der Waals surface area contributed by atoms with Crippen molar-refractivity contribution >= 4 is 11.7 Å². The van der Waals surface area contributed by atoms with E-state index in [1.807, 2.05) is 6.07 Å². The number of halogens is 2. The molecule has 2 amide bonds. The third-order valence-corrected chi connectivity index (χ3v) is 7.44. The van der Waals surface area contributed by atoms with Gasteiger partial charge in [-0.25, -0.2) is 13.6 Å². The van der Waals surface area contributed by atoms with Crippen LogP contribution in [0.5, 0.6) is 11.5 Å². The first-order chi connectivity index (χ1) is 16.3. The van der Waals surface area contributed by atoms with Crippen molar-refractivity contribution in [1.29, 1.82) is 0 Å². The molecule has 2 aromatic carbocycles. The van der Waals surface area contributed by atoms with Crippen molar-refractivity contribution < 1.29 is 23.0 Å². The molecule has 4 rings (SSSR count). The van der Waals surface area contributed by atoms with Gasteiger partial charge >= 0.3 is 6.03 Å². The van der Waals surface area contributed by atoms with Crippen LogP contribution in [-0.4, -0.2) is 49.8 Å². The van der Waals surface area contributed by atoms with Crippen LogP contribution in [0.3, 0.4) is 0 Å². The Morgan fingerprint density at radius 3 is 2.53 bits per heavy atom. The second kappa shape index (κ2) is 9.78. The van der Waals surface area contributed by atoms with Crippen LogP contribution in [0, 0.1) is 11.6 Å². The Balaban J connectivity index is 1.53. The lowest BCUT2D eigenvalue weighted by Crippen LogP contribution is -2.54. The lowest BCUT2D eigenvalue weighted by molar-refractivity contribution is 0.113. The predicted molar refractivity (Wildman–Crippen MR) is 128 cm³/mol. The van der Waals surface area contributed by atoms with E-state index in [0.29, 0.717) is 11.8 Å². The van der Waals surface area contributed by atoms with E-state index in [1.54, 1.807) is 14.2 Å². The van der Waals surface area contributed by atoms with E-state index in [0.717, 1.165) is 50.1 Å². The van der Waals surface area contributed by atoms with Gasteiger partial charge in [0.15, 0.2) is 11.5 Å². The Morgan fingerprint density at radius 2 is 1.85 bits per heavy atom. The number of urea groups is 1. The second-order valence-electron chi connectivity index (χ2n) is 9.52. The van der Waals surface area contributed by atoms with Gasteiger partial charge in [0.1, 0.15) is 11.6 Å². The molecule has 1 aliphatic carbocycles. The van der Waals surface area contributed by atoms with Gasteiger partial charge in [-0.05, 0) is 75.9 Å². The van der Waals surface area contributed by atoms with E-state index < -0.39 is 17.7 Å². The van der Waals surface area contributed by atoms with Gasteiger partial charge in [0, 0.05) is 29.6 Å². The number of likely N-dealkylation sites (tertiary alicyclic amines) is 1. The zero-order valence-electron chi connectivity index (χ0n) is 20.2. The predicted octanol–water partition coefficient (Wildman–Crippen LogP) is 5.08. The minimum absolute atomic E-state index is 0.0401. The topological polar surface area (TPSA) is 62.8 Å². The average Bonchev–Trinajstić information content (AvgIpc) is 3.20. The number of hydrogen-bond acceptors (Lipinski definition) is 4. The smallest absolute Gasteiger partial charge is 0.319 e. The standard InChI is InChI=1S/C26H33F2N3O3/c1-16(2)31-12-11-26(17-5-8-22(33-3)23(13-17)34-4)10-9-19(15-24(26)31)29-25(32)30-21-7-6-18(27)14-20(21)28/h5-8,13-14,16,19,24H,9-12,15H2,1-4H3,(H2,29,30,32)/t19-,24+,26+/m1/s1. The summed E-state index contributed by atoms with van der Waals surface area (Å²) < 4.78 is 38.1. The molecule has 0 bridgehead atoms. The minimum Gasteiger partial charge on any atom is -0.493 e. The molecular weight excluding hydrogens is 440 g/mol. The maximum Gasteiger partial charge on any atom is 0.319 e. The van der Waals surface area contributed by atoms with Crippen LogP contribution in [0.1, 0.15) is 45.1 Å². The van der Waals surface area contributed by atoms with E-state index in [-0.39, 0.29) is 23.2 Å². The molecule has 2 N–H and O–H groups in total. The molecule has 2 aromatic rings. The molecule has 1 saturated heterocycles. The highest BCUT2D eigenvalue weighted by molar-refractivity contribution is 5.89. The number of carbonyl (C=O) groups excluding carboxylic acids is 1. The van der Waals surface area contributed by atoms with Crippen LogP contribution in [0.4, 0.5) is 19.3 Å². The van der Waals surface area contributed by atoms with E-state index in [4.69, 9.17) is 9.47 Å². The number of fused-ring (bicyclic) bond motifs is 1. The van der Waals surface area contributed by atoms with Crippen LogP contribution in [0.25, 0.3) is 0 Å². The zero-order valence-corrected chi connectivity index (χ0v) is 20.2. The van der Waals surface area contributed by atoms with Gasteiger partial charge < -0.3 is 20.1 Å². The normalized spacial score (nSPS) is 24.6. The van der Waals surface area contributed by atoms with Gasteiger partial charge in [0.2, 0.25) is 0 Å². The monoisotopic (exact) mass is 473 g/mol. The summed E-state index contributed by atoms with van der Waals surface area (Å²) in [7, 11) is 3.28. The summed E-state index contributed by atoms with van der Waals surface area (Å²) in [5.41, 5.74) is 1.15. The Hall–Kier alpha value is -2.87. The number of methoxy groups -OCH3 is 2. The van der Waals surface area contributed by atoms with Crippen molar-refractivity contribution in [2.75, 3.05) is 26.1 Å². The summed E-state index contributed by atoms with van der Waals surface area (Å²) in [6, 6.07) is 9.37. The van der Waals surface area contributed by atoms with E-state index in [2.05, 4.69) is 41.5 Å². The molecule has 1 saturated carbocycles. The Morgan fingerprint density at radius 1 is 1.09 bits per heavy atom. The van der Waals surface area contributed by atoms with Gasteiger partial charge in [-0.15, -0.1) is 0 Å². The molecule has 184 valence electrons. The lowest BCUT2D eigenvalue weighted by Gasteiger charge is -2.46. The fourth-order valence-electron chi connectivity index (χ4n) is 5.75. The van der Waals surface area contributed by atoms with E-state index in [1.165, 1.54) is 11.6 Å². The van der Waals surface area contributed by atoms with Gasteiger partial charge in [-0.2, -0.15) is 0 Å². The molecule has 6 nitrogen and oxygen atoms in total. The Bertz CT molecular complexity index is 1050. The van der Waals surface area contributed by atoms with Gasteiger partial charge in [-0.1, -0.05) is 6.07 Å². The summed E-state index contributed by atoms with van der Waals surface area (Å²) >= 11 is 0. The number of benzene rings is 2. The van der Waals surface area contributed by atoms with Crippen molar-refractivity contribution in [1.82, 2.24) is 10.2 Å². The lowest BCUT2D eigenvalue weighted by atomic mass is 9.65. The van der Waals surface area contributed by atoms with Crippen molar-refractivity contribution in [3.63, 3.8) is 0 Å². The number of amides is 2. The Kier molecular flexibility index (Phi) is 6.98. The molecule has 0 unspecified atom stereocenters. The summed E-state index contributed by atoms with van der Waals surface area (Å²) in [5.74, 6) is -0.0553. The van der Waals surface area contributed by atoms with Crippen LogP contribution in [0.2, 0.25) is 0 Å². The van der Waals surface area contributed by atoms with Gasteiger partial charge in [0.25, 0.3) is 0 Å². The fourth-order valence-corrected chi connectivity index (χ4v) is 5.75. The maximum absolute atomic E-state index is 14.0. The number of ether oxygens (including phenoxy) is 2. The molecule has 3 atom stereocenters. The number of carbonyl (C=O) groups is 1. The van der Waals surface area contributed by atoms with Crippen LogP contribution in [-0.2, 0) is 5.41 Å².